The van der Waals surface area contributed by atoms with Crippen LogP contribution in [-0.4, -0.2) is 24.3 Å². The van der Waals surface area contributed by atoms with E-state index in [1.165, 1.54) is 12.8 Å². The molecule has 4 heterocycles. The van der Waals surface area contributed by atoms with Crippen LogP contribution in [0.25, 0.3) is 0 Å². The zero-order valence-corrected chi connectivity index (χ0v) is 12.1. The highest BCUT2D eigenvalue weighted by molar-refractivity contribution is 5.08. The Morgan fingerprint density at radius 2 is 1.74 bits per heavy atom. The van der Waals surface area contributed by atoms with Gasteiger partial charge in [-0.15, -0.1) is 0 Å². The van der Waals surface area contributed by atoms with Crippen molar-refractivity contribution in [1.29, 1.82) is 0 Å². The maximum atomic E-state index is 6.16. The SMILES string of the molecule is C[C@@H]1CCC2[C@@H](C)CO[C@@H]3O[C@@]4(C)CC[C@@H]1[C@@]23OO4. The Morgan fingerprint density at radius 1 is 0.947 bits per heavy atom. The van der Waals surface area contributed by atoms with Crippen LogP contribution in [0.15, 0.2) is 0 Å². The predicted octanol–water partition coefficient (Wildman–Crippen LogP) is 2.87. The fourth-order valence-corrected chi connectivity index (χ4v) is 4.88. The fraction of sp³-hybridized carbons (Fsp3) is 1.00. The summed E-state index contributed by atoms with van der Waals surface area (Å²) in [6.07, 6.45) is 4.24. The van der Waals surface area contributed by atoms with Crippen molar-refractivity contribution >= 4 is 0 Å². The summed E-state index contributed by atoms with van der Waals surface area (Å²) >= 11 is 0. The summed E-state index contributed by atoms with van der Waals surface area (Å²) in [4.78, 5) is 11.7. The summed E-state index contributed by atoms with van der Waals surface area (Å²) in [5, 5.41) is 0. The zero-order chi connectivity index (χ0) is 13.3. The minimum Gasteiger partial charge on any atom is -0.349 e. The normalized spacial score (nSPS) is 60.5. The van der Waals surface area contributed by atoms with E-state index in [1.54, 1.807) is 0 Å². The highest BCUT2D eigenvalue weighted by atomic mass is 17.3. The van der Waals surface area contributed by atoms with Crippen molar-refractivity contribution in [2.75, 3.05) is 6.61 Å². The van der Waals surface area contributed by atoms with Crippen molar-refractivity contribution in [1.82, 2.24) is 0 Å². The van der Waals surface area contributed by atoms with Gasteiger partial charge >= 0.3 is 0 Å². The van der Waals surface area contributed by atoms with Crippen molar-refractivity contribution in [3.05, 3.63) is 0 Å². The third kappa shape index (κ3) is 1.54. The lowest BCUT2D eigenvalue weighted by atomic mass is 9.58. The van der Waals surface area contributed by atoms with Gasteiger partial charge in [0.05, 0.1) is 6.61 Å². The Kier molecular flexibility index (Phi) is 2.61. The second-order valence-electron chi connectivity index (χ2n) is 7.22. The quantitative estimate of drug-likeness (QED) is 0.633. The second kappa shape index (κ2) is 3.94. The molecule has 0 amide bonds. The smallest absolute Gasteiger partial charge is 0.201 e. The van der Waals surface area contributed by atoms with E-state index in [-0.39, 0.29) is 11.9 Å². The van der Waals surface area contributed by atoms with Gasteiger partial charge in [-0.05, 0) is 43.9 Å². The second-order valence-corrected chi connectivity index (χ2v) is 7.22. The van der Waals surface area contributed by atoms with E-state index >= 15 is 0 Å². The number of hydrogen-bond donors (Lipinski definition) is 0. The van der Waals surface area contributed by atoms with Crippen LogP contribution >= 0.6 is 0 Å². The molecule has 0 aromatic carbocycles. The predicted molar refractivity (Wildman–Crippen MR) is 67.9 cm³/mol. The first-order valence-electron chi connectivity index (χ1n) is 7.71. The summed E-state index contributed by atoms with van der Waals surface area (Å²) in [5.41, 5.74) is -0.370. The van der Waals surface area contributed by atoms with E-state index in [2.05, 4.69) is 13.8 Å². The Labute approximate surface area is 114 Å². The third-order valence-electron chi connectivity index (χ3n) is 5.97. The first-order valence-corrected chi connectivity index (χ1v) is 7.71. The average Bonchev–Trinajstić information content (AvgIpc) is 2.61. The molecule has 0 N–H and O–H groups in total. The van der Waals surface area contributed by atoms with Crippen LogP contribution < -0.4 is 0 Å². The zero-order valence-electron chi connectivity index (χ0n) is 12.1. The maximum absolute atomic E-state index is 6.16. The molecule has 0 radical (unpaired) electrons. The van der Waals surface area contributed by atoms with E-state index in [0.717, 1.165) is 19.4 Å². The summed E-state index contributed by atoms with van der Waals surface area (Å²) in [5.74, 6) is 1.53. The summed E-state index contributed by atoms with van der Waals surface area (Å²) in [6, 6.07) is 0. The van der Waals surface area contributed by atoms with Crippen molar-refractivity contribution in [3.8, 4) is 0 Å². The molecule has 1 spiro atoms. The molecule has 0 aromatic rings. The molecule has 5 rings (SSSR count). The van der Waals surface area contributed by atoms with Gasteiger partial charge in [-0.2, -0.15) is 0 Å². The molecule has 7 atom stereocenters. The first kappa shape index (κ1) is 12.6. The molecule has 19 heavy (non-hydrogen) atoms. The summed E-state index contributed by atoms with van der Waals surface area (Å²) in [6.45, 7) is 7.36. The lowest BCUT2D eigenvalue weighted by Gasteiger charge is -2.58. The van der Waals surface area contributed by atoms with Crippen molar-refractivity contribution in [2.45, 2.75) is 64.1 Å². The molecule has 5 fully saturated rings. The Bertz CT molecular complexity index is 386. The van der Waals surface area contributed by atoms with E-state index < -0.39 is 5.79 Å². The maximum Gasteiger partial charge on any atom is 0.201 e. The van der Waals surface area contributed by atoms with Crippen LogP contribution in [0.5, 0.6) is 0 Å². The number of fused-ring (bicyclic) bond motifs is 2. The van der Waals surface area contributed by atoms with Gasteiger partial charge in [0.1, 0.15) is 0 Å². The molecule has 1 aliphatic carbocycles. The Hall–Kier alpha value is -0.160. The van der Waals surface area contributed by atoms with E-state index in [4.69, 9.17) is 19.2 Å². The van der Waals surface area contributed by atoms with Gasteiger partial charge in [0.25, 0.3) is 0 Å². The third-order valence-corrected chi connectivity index (χ3v) is 5.97. The van der Waals surface area contributed by atoms with Crippen molar-refractivity contribution in [2.24, 2.45) is 23.7 Å². The van der Waals surface area contributed by atoms with Crippen LogP contribution in [0.3, 0.4) is 0 Å². The van der Waals surface area contributed by atoms with Crippen LogP contribution in [0.4, 0.5) is 0 Å². The van der Waals surface area contributed by atoms with E-state index in [1.807, 2.05) is 6.92 Å². The van der Waals surface area contributed by atoms with Crippen molar-refractivity contribution < 1.29 is 19.2 Å². The van der Waals surface area contributed by atoms with Crippen LogP contribution in [-0.2, 0) is 19.2 Å². The van der Waals surface area contributed by atoms with Gasteiger partial charge in [0, 0.05) is 12.3 Å². The van der Waals surface area contributed by atoms with Crippen LogP contribution in [0, 0.1) is 23.7 Å². The summed E-state index contributed by atoms with van der Waals surface area (Å²) in [7, 11) is 0. The molecule has 2 bridgehead atoms. The number of hydrogen-bond acceptors (Lipinski definition) is 4. The Balaban J connectivity index is 1.81. The van der Waals surface area contributed by atoms with Crippen LogP contribution in [0.1, 0.15) is 46.5 Å². The molecule has 5 aliphatic rings. The highest BCUT2D eigenvalue weighted by Gasteiger charge is 2.67. The molecule has 4 aliphatic heterocycles. The molecule has 0 aromatic heterocycles. The van der Waals surface area contributed by atoms with Gasteiger partial charge < -0.3 is 9.47 Å². The average molecular weight is 268 g/mol. The topological polar surface area (TPSA) is 36.9 Å². The van der Waals surface area contributed by atoms with E-state index in [9.17, 15) is 0 Å². The molecule has 4 saturated heterocycles. The standard InChI is InChI=1S/C15H24O4/c1-9-4-5-11-10(2)8-16-13-15(11)12(9)6-7-14(3,17-13)18-19-15/h9-13H,4-8H2,1-3H3/t9-,10+,11?,12+,13-,14-,15+/m1/s1. The molecular weight excluding hydrogens is 244 g/mol. The van der Waals surface area contributed by atoms with Gasteiger partial charge in [-0.3, -0.25) is 0 Å². The largest absolute Gasteiger partial charge is 0.349 e. The van der Waals surface area contributed by atoms with Gasteiger partial charge in [0.2, 0.25) is 5.79 Å². The molecule has 108 valence electrons. The molecule has 1 unspecified atom stereocenters. The monoisotopic (exact) mass is 268 g/mol. The van der Waals surface area contributed by atoms with Gasteiger partial charge in [-0.25, -0.2) is 9.78 Å². The molecule has 4 nitrogen and oxygen atoms in total. The summed E-state index contributed by atoms with van der Waals surface area (Å²) < 4.78 is 12.2. The molecule has 4 heteroatoms. The number of ether oxygens (including phenoxy) is 2. The van der Waals surface area contributed by atoms with Gasteiger partial charge in [-0.1, -0.05) is 13.8 Å². The minimum absolute atomic E-state index is 0.248. The molecular formula is C15H24O4. The van der Waals surface area contributed by atoms with Crippen LogP contribution in [0.2, 0.25) is 0 Å². The molecule has 1 saturated carbocycles. The Morgan fingerprint density at radius 3 is 2.58 bits per heavy atom. The fourth-order valence-electron chi connectivity index (χ4n) is 4.88. The van der Waals surface area contributed by atoms with E-state index in [0.29, 0.717) is 23.7 Å². The highest BCUT2D eigenvalue weighted by Crippen LogP contribution is 2.59. The first-order chi connectivity index (χ1) is 9.05. The lowest BCUT2D eigenvalue weighted by Crippen LogP contribution is -2.68. The lowest BCUT2D eigenvalue weighted by molar-refractivity contribution is -0.566. The van der Waals surface area contributed by atoms with Gasteiger partial charge in [0.15, 0.2) is 11.9 Å². The minimum atomic E-state index is -0.627. The number of rotatable bonds is 0. The van der Waals surface area contributed by atoms with Crippen molar-refractivity contribution in [3.63, 3.8) is 0 Å².